The van der Waals surface area contributed by atoms with Gasteiger partial charge in [-0.1, -0.05) is 13.8 Å². The van der Waals surface area contributed by atoms with Gasteiger partial charge in [-0.25, -0.2) is 0 Å². The quantitative estimate of drug-likeness (QED) is 0.849. The van der Waals surface area contributed by atoms with Gasteiger partial charge >= 0.3 is 0 Å². The van der Waals surface area contributed by atoms with E-state index in [1.807, 2.05) is 12.1 Å². The molecule has 5 heteroatoms. The second-order valence-electron chi connectivity index (χ2n) is 4.10. The maximum absolute atomic E-state index is 5.56. The van der Waals surface area contributed by atoms with Gasteiger partial charge in [-0.15, -0.1) is 10.2 Å². The first-order chi connectivity index (χ1) is 8.25. The molecule has 0 saturated heterocycles. The van der Waals surface area contributed by atoms with Gasteiger partial charge < -0.3 is 9.73 Å². The lowest BCUT2D eigenvalue weighted by atomic mass is 10.3. The normalized spacial score (nSPS) is 11.0. The second-order valence-corrected chi connectivity index (χ2v) is 4.10. The molecule has 2 rings (SSSR count). The molecule has 0 aliphatic carbocycles. The van der Waals surface area contributed by atoms with E-state index in [0.29, 0.717) is 17.8 Å². The van der Waals surface area contributed by atoms with Crippen LogP contribution in [0.2, 0.25) is 0 Å². The molecular weight excluding hydrogens is 216 g/mol. The molecule has 2 aromatic heterocycles. The van der Waals surface area contributed by atoms with Crippen LogP contribution in [0.5, 0.6) is 0 Å². The van der Waals surface area contributed by atoms with Crippen molar-refractivity contribution in [3.05, 3.63) is 30.4 Å². The zero-order valence-corrected chi connectivity index (χ0v) is 10.1. The van der Waals surface area contributed by atoms with E-state index in [1.165, 1.54) is 0 Å². The third kappa shape index (κ3) is 3.35. The summed E-state index contributed by atoms with van der Waals surface area (Å²) in [7, 11) is 0. The summed E-state index contributed by atoms with van der Waals surface area (Å²) in [6.07, 6.45) is 4.16. The largest absolute Gasteiger partial charge is 0.421 e. The topological polar surface area (TPSA) is 63.8 Å². The van der Waals surface area contributed by atoms with Crippen molar-refractivity contribution >= 4 is 0 Å². The molecule has 5 nitrogen and oxygen atoms in total. The third-order valence-corrected chi connectivity index (χ3v) is 2.29. The van der Waals surface area contributed by atoms with Crippen LogP contribution < -0.4 is 5.32 Å². The summed E-state index contributed by atoms with van der Waals surface area (Å²) in [6.45, 7) is 5.06. The van der Waals surface area contributed by atoms with Crippen LogP contribution in [0.15, 0.2) is 28.9 Å². The lowest BCUT2D eigenvalue weighted by Crippen LogP contribution is -2.25. The van der Waals surface area contributed by atoms with Gasteiger partial charge in [0.25, 0.3) is 0 Å². The molecule has 1 N–H and O–H groups in total. The van der Waals surface area contributed by atoms with E-state index >= 15 is 0 Å². The van der Waals surface area contributed by atoms with E-state index in [0.717, 1.165) is 18.5 Å². The van der Waals surface area contributed by atoms with Gasteiger partial charge in [0.05, 0.1) is 0 Å². The van der Waals surface area contributed by atoms with Gasteiger partial charge in [0.2, 0.25) is 11.8 Å². The molecule has 17 heavy (non-hydrogen) atoms. The molecule has 0 spiro atoms. The van der Waals surface area contributed by atoms with Crippen molar-refractivity contribution in [2.24, 2.45) is 0 Å². The first-order valence-electron chi connectivity index (χ1n) is 5.72. The number of aromatic nitrogens is 3. The van der Waals surface area contributed by atoms with Crippen LogP contribution in [-0.2, 0) is 6.42 Å². The first-order valence-corrected chi connectivity index (χ1v) is 5.72. The van der Waals surface area contributed by atoms with Crippen LogP contribution in [0.3, 0.4) is 0 Å². The zero-order chi connectivity index (χ0) is 12.1. The fraction of sp³-hybridized carbons (Fsp3) is 0.417. The Morgan fingerprint density at radius 2 is 2.00 bits per heavy atom. The second kappa shape index (κ2) is 5.54. The highest BCUT2D eigenvalue weighted by molar-refractivity contribution is 5.50. The highest BCUT2D eigenvalue weighted by Crippen LogP contribution is 2.16. The number of nitrogens with zero attached hydrogens (tertiary/aromatic N) is 3. The minimum absolute atomic E-state index is 0.470. The molecule has 0 fully saturated rings. The van der Waals surface area contributed by atoms with Crippen molar-refractivity contribution in [2.45, 2.75) is 26.3 Å². The maximum Gasteiger partial charge on any atom is 0.247 e. The SMILES string of the molecule is CC(C)NCCc1nnc(-c2ccncc2)o1. The highest BCUT2D eigenvalue weighted by atomic mass is 16.4. The standard InChI is InChI=1S/C12H16N4O/c1-9(2)14-8-5-11-15-16-12(17-11)10-3-6-13-7-4-10/h3-4,6-7,9,14H,5,8H2,1-2H3. The van der Waals surface area contributed by atoms with Gasteiger partial charge in [-0.2, -0.15) is 0 Å². The smallest absolute Gasteiger partial charge is 0.247 e. The predicted molar refractivity (Wildman–Crippen MR) is 64.4 cm³/mol. The van der Waals surface area contributed by atoms with Gasteiger partial charge in [0.1, 0.15) is 0 Å². The Labute approximate surface area is 100 Å². The van der Waals surface area contributed by atoms with Gasteiger partial charge in [0.15, 0.2) is 0 Å². The Morgan fingerprint density at radius 3 is 2.71 bits per heavy atom. The molecule has 0 radical (unpaired) electrons. The third-order valence-electron chi connectivity index (χ3n) is 2.29. The summed E-state index contributed by atoms with van der Waals surface area (Å²) < 4.78 is 5.56. The fourth-order valence-corrected chi connectivity index (χ4v) is 1.43. The van der Waals surface area contributed by atoms with E-state index in [4.69, 9.17) is 4.42 Å². The number of pyridine rings is 1. The summed E-state index contributed by atoms with van der Waals surface area (Å²) in [5, 5.41) is 11.3. The molecule has 0 amide bonds. The van der Waals surface area contributed by atoms with E-state index in [-0.39, 0.29) is 0 Å². The van der Waals surface area contributed by atoms with Crippen molar-refractivity contribution in [1.82, 2.24) is 20.5 Å². The van der Waals surface area contributed by atoms with Crippen LogP contribution in [0.25, 0.3) is 11.5 Å². The summed E-state index contributed by atoms with van der Waals surface area (Å²) in [5.41, 5.74) is 0.899. The number of rotatable bonds is 5. The minimum atomic E-state index is 0.470. The van der Waals surface area contributed by atoms with Crippen LogP contribution >= 0.6 is 0 Å². The molecule has 0 aromatic carbocycles. The maximum atomic E-state index is 5.56. The first kappa shape index (κ1) is 11.7. The van der Waals surface area contributed by atoms with Crippen molar-refractivity contribution < 1.29 is 4.42 Å². The van der Waals surface area contributed by atoms with Gasteiger partial charge in [-0.3, -0.25) is 4.98 Å². The van der Waals surface area contributed by atoms with Gasteiger partial charge in [-0.05, 0) is 12.1 Å². The molecule has 90 valence electrons. The number of hydrogen-bond acceptors (Lipinski definition) is 5. The molecule has 0 aliphatic heterocycles. The van der Waals surface area contributed by atoms with E-state index in [9.17, 15) is 0 Å². The summed E-state index contributed by atoms with van der Waals surface area (Å²) >= 11 is 0. The average molecular weight is 232 g/mol. The Kier molecular flexibility index (Phi) is 3.82. The molecular formula is C12H16N4O. The Bertz CT molecular complexity index is 453. The molecule has 2 heterocycles. The Balaban J connectivity index is 1.97. The highest BCUT2D eigenvalue weighted by Gasteiger charge is 2.07. The molecule has 0 unspecified atom stereocenters. The molecule has 2 aromatic rings. The molecule has 0 bridgehead atoms. The van der Waals surface area contributed by atoms with E-state index < -0.39 is 0 Å². The number of nitrogens with one attached hydrogen (secondary N) is 1. The van der Waals surface area contributed by atoms with Crippen LogP contribution in [-0.4, -0.2) is 27.8 Å². The summed E-state index contributed by atoms with van der Waals surface area (Å²) in [4.78, 5) is 3.95. The van der Waals surface area contributed by atoms with Crippen molar-refractivity contribution in [3.63, 3.8) is 0 Å². The van der Waals surface area contributed by atoms with E-state index in [1.54, 1.807) is 12.4 Å². The molecule has 0 atom stereocenters. The van der Waals surface area contributed by atoms with E-state index in [2.05, 4.69) is 34.3 Å². The van der Waals surface area contributed by atoms with Gasteiger partial charge in [0, 0.05) is 37.0 Å². The summed E-state index contributed by atoms with van der Waals surface area (Å²) in [5.74, 6) is 1.21. The lowest BCUT2D eigenvalue weighted by Gasteiger charge is -2.04. The predicted octanol–water partition coefficient (Wildman–Crippen LogP) is 1.67. The monoisotopic (exact) mass is 232 g/mol. The Morgan fingerprint density at radius 1 is 1.24 bits per heavy atom. The van der Waals surface area contributed by atoms with Crippen molar-refractivity contribution in [2.75, 3.05) is 6.54 Å². The molecule has 0 saturated carbocycles. The fourth-order valence-electron chi connectivity index (χ4n) is 1.43. The van der Waals surface area contributed by atoms with Crippen molar-refractivity contribution in [3.8, 4) is 11.5 Å². The molecule has 0 aliphatic rings. The average Bonchev–Trinajstić information content (AvgIpc) is 2.78. The Hall–Kier alpha value is -1.75. The minimum Gasteiger partial charge on any atom is -0.421 e. The van der Waals surface area contributed by atoms with Crippen LogP contribution in [0, 0.1) is 0 Å². The van der Waals surface area contributed by atoms with Crippen LogP contribution in [0.4, 0.5) is 0 Å². The summed E-state index contributed by atoms with van der Waals surface area (Å²) in [6, 6.07) is 4.17. The lowest BCUT2D eigenvalue weighted by molar-refractivity contribution is 0.484. The van der Waals surface area contributed by atoms with Crippen LogP contribution in [0.1, 0.15) is 19.7 Å². The zero-order valence-electron chi connectivity index (χ0n) is 10.1. The van der Waals surface area contributed by atoms with Crippen molar-refractivity contribution in [1.29, 1.82) is 0 Å². The number of hydrogen-bond donors (Lipinski definition) is 1.